The number of carboxylic acids is 1. The number of hydrogen-bond donors (Lipinski definition) is 8. The van der Waals surface area contributed by atoms with Gasteiger partial charge in [-0.25, -0.2) is 4.79 Å². The monoisotopic (exact) mass is 532 g/mol. The molecule has 2 aromatic rings. The Balaban J connectivity index is 2.26. The number of phenols is 1. The second-order valence-electron chi connectivity index (χ2n) is 8.54. The normalized spacial score (nSPS) is 14.9. The Kier molecular flexibility index (Phi) is 11.4. The lowest BCUT2D eigenvalue weighted by molar-refractivity contribution is -0.142. The Morgan fingerprint density at radius 1 is 0.838 bits per heavy atom. The lowest BCUT2D eigenvalue weighted by Crippen LogP contribution is -2.60. The Bertz CT molecular complexity index is 1070. The number of aliphatic carboxylic acids is 1. The molecule has 12 heteroatoms. The van der Waals surface area contributed by atoms with Gasteiger partial charge in [-0.05, 0) is 30.2 Å². The maximum atomic E-state index is 13.2. The van der Waals surface area contributed by atoms with Crippen LogP contribution in [0.4, 0.5) is 0 Å². The van der Waals surface area contributed by atoms with Crippen LogP contribution in [0.5, 0.6) is 5.75 Å². The number of aliphatic hydroxyl groups is 1. The number of benzene rings is 2. The molecule has 2 aromatic carbocycles. The number of nitrogens with one attached hydrogen (secondary N) is 3. The maximum Gasteiger partial charge on any atom is 0.326 e. The number of hydrogen-bond acceptors (Lipinski definition) is 8. The predicted molar refractivity (Wildman–Crippen MR) is 139 cm³/mol. The average molecular weight is 533 g/mol. The SMILES string of the molecule is CC(O)C(NC(=O)C(N)CS)C(=O)NC(Cc1ccc(O)cc1)C(=O)NC(Cc1ccccc1)C(=O)O. The van der Waals surface area contributed by atoms with E-state index in [2.05, 4.69) is 28.6 Å². The number of thiol groups is 1. The summed E-state index contributed by atoms with van der Waals surface area (Å²) in [5, 5.41) is 36.6. The van der Waals surface area contributed by atoms with E-state index in [9.17, 15) is 34.5 Å². The van der Waals surface area contributed by atoms with E-state index in [1.54, 1.807) is 42.5 Å². The van der Waals surface area contributed by atoms with E-state index in [-0.39, 0.29) is 24.3 Å². The molecule has 0 radical (unpaired) electrons. The maximum absolute atomic E-state index is 13.2. The lowest BCUT2D eigenvalue weighted by Gasteiger charge is -2.26. The summed E-state index contributed by atoms with van der Waals surface area (Å²) in [5.41, 5.74) is 6.88. The number of carboxylic acid groups (broad SMARTS) is 1. The van der Waals surface area contributed by atoms with Crippen molar-refractivity contribution in [3.63, 3.8) is 0 Å². The van der Waals surface area contributed by atoms with Crippen LogP contribution >= 0.6 is 12.6 Å². The largest absolute Gasteiger partial charge is 0.508 e. The molecule has 8 N–H and O–H groups in total. The zero-order valence-corrected chi connectivity index (χ0v) is 21.1. The van der Waals surface area contributed by atoms with Crippen molar-refractivity contribution in [1.82, 2.24) is 16.0 Å². The van der Waals surface area contributed by atoms with Crippen LogP contribution in [0.15, 0.2) is 54.6 Å². The van der Waals surface area contributed by atoms with Gasteiger partial charge in [-0.3, -0.25) is 14.4 Å². The summed E-state index contributed by atoms with van der Waals surface area (Å²) >= 11 is 3.94. The van der Waals surface area contributed by atoms with Gasteiger partial charge < -0.3 is 37.0 Å². The van der Waals surface area contributed by atoms with Crippen molar-refractivity contribution < 1.29 is 34.5 Å². The Morgan fingerprint density at radius 3 is 1.92 bits per heavy atom. The van der Waals surface area contributed by atoms with Crippen molar-refractivity contribution in [2.75, 3.05) is 5.75 Å². The number of carbonyl (C=O) groups excluding carboxylic acids is 3. The average Bonchev–Trinajstić information content (AvgIpc) is 2.87. The van der Waals surface area contributed by atoms with Crippen molar-refractivity contribution in [3.8, 4) is 5.75 Å². The summed E-state index contributed by atoms with van der Waals surface area (Å²) in [6.07, 6.45) is -1.39. The quantitative estimate of drug-likeness (QED) is 0.156. The first-order valence-corrected chi connectivity index (χ1v) is 12.1. The smallest absolute Gasteiger partial charge is 0.326 e. The van der Waals surface area contributed by atoms with Crippen LogP contribution < -0.4 is 21.7 Å². The second kappa shape index (κ2) is 14.2. The van der Waals surface area contributed by atoms with Gasteiger partial charge in [-0.15, -0.1) is 0 Å². The summed E-state index contributed by atoms with van der Waals surface area (Å²) < 4.78 is 0. The summed E-state index contributed by atoms with van der Waals surface area (Å²) in [5.74, 6) is -3.63. The molecule has 0 aliphatic carbocycles. The van der Waals surface area contributed by atoms with Crippen molar-refractivity contribution in [2.24, 2.45) is 5.73 Å². The summed E-state index contributed by atoms with van der Waals surface area (Å²) in [4.78, 5) is 50.3. The molecule has 0 aliphatic heterocycles. The standard InChI is InChI=1S/C25H32N4O7S/c1-14(30)21(29-22(32)18(26)13-37)24(34)27-19(11-16-7-9-17(31)10-8-16)23(33)28-20(25(35)36)12-15-5-3-2-4-6-15/h2-10,14,18-21,30-31,37H,11-13,26H2,1H3,(H,27,34)(H,28,33)(H,29,32)(H,35,36). The molecule has 11 nitrogen and oxygen atoms in total. The third kappa shape index (κ3) is 9.41. The van der Waals surface area contributed by atoms with Crippen LogP contribution in [0, 0.1) is 0 Å². The second-order valence-corrected chi connectivity index (χ2v) is 8.90. The van der Waals surface area contributed by atoms with E-state index in [0.717, 1.165) is 0 Å². The zero-order chi connectivity index (χ0) is 27.5. The van der Waals surface area contributed by atoms with Crippen molar-refractivity contribution in [1.29, 1.82) is 0 Å². The number of phenolic OH excluding ortho intramolecular Hbond substituents is 1. The van der Waals surface area contributed by atoms with E-state index < -0.39 is 54.0 Å². The Hall–Kier alpha value is -3.61. The van der Waals surface area contributed by atoms with Crippen LogP contribution in [0.25, 0.3) is 0 Å². The van der Waals surface area contributed by atoms with E-state index >= 15 is 0 Å². The number of amides is 3. The third-order valence-electron chi connectivity index (χ3n) is 5.50. The fraction of sp³-hybridized carbons (Fsp3) is 0.360. The molecule has 2 rings (SSSR count). The van der Waals surface area contributed by atoms with Crippen molar-refractivity contribution in [2.45, 2.75) is 50.0 Å². The summed E-state index contributed by atoms with van der Waals surface area (Å²) in [7, 11) is 0. The van der Waals surface area contributed by atoms with E-state index in [4.69, 9.17) is 5.73 Å². The summed E-state index contributed by atoms with van der Waals surface area (Å²) in [6.45, 7) is 1.28. The first kappa shape index (κ1) is 29.6. The van der Waals surface area contributed by atoms with Gasteiger partial charge in [-0.1, -0.05) is 42.5 Å². The molecule has 0 aromatic heterocycles. The first-order valence-electron chi connectivity index (χ1n) is 11.5. The highest BCUT2D eigenvalue weighted by atomic mass is 32.1. The number of aromatic hydroxyl groups is 1. The van der Waals surface area contributed by atoms with Crippen LogP contribution in [0.3, 0.4) is 0 Å². The van der Waals surface area contributed by atoms with Gasteiger partial charge in [0.15, 0.2) is 0 Å². The van der Waals surface area contributed by atoms with E-state index in [0.29, 0.717) is 11.1 Å². The molecule has 5 unspecified atom stereocenters. The molecular weight excluding hydrogens is 500 g/mol. The minimum absolute atomic E-state index is 0.000000579. The number of nitrogens with two attached hydrogens (primary N) is 1. The van der Waals surface area contributed by atoms with Crippen LogP contribution in [0.2, 0.25) is 0 Å². The molecule has 3 amide bonds. The highest BCUT2D eigenvalue weighted by Crippen LogP contribution is 2.12. The molecule has 0 spiro atoms. The van der Waals surface area contributed by atoms with Gasteiger partial charge >= 0.3 is 5.97 Å². The molecule has 37 heavy (non-hydrogen) atoms. The molecule has 0 saturated heterocycles. The highest BCUT2D eigenvalue weighted by Gasteiger charge is 2.32. The predicted octanol–water partition coefficient (Wildman–Crippen LogP) is -0.646. The number of aliphatic hydroxyl groups excluding tert-OH is 1. The summed E-state index contributed by atoms with van der Waals surface area (Å²) in [6, 6.07) is 9.59. The molecule has 0 aliphatic rings. The molecular formula is C25H32N4O7S. The fourth-order valence-corrected chi connectivity index (χ4v) is 3.57. The number of carbonyl (C=O) groups is 4. The Morgan fingerprint density at radius 2 is 1.38 bits per heavy atom. The van der Waals surface area contributed by atoms with Crippen LogP contribution in [-0.2, 0) is 32.0 Å². The molecule has 5 atom stereocenters. The van der Waals surface area contributed by atoms with Gasteiger partial charge in [0, 0.05) is 18.6 Å². The highest BCUT2D eigenvalue weighted by molar-refractivity contribution is 7.80. The van der Waals surface area contributed by atoms with Gasteiger partial charge in [-0.2, -0.15) is 12.6 Å². The van der Waals surface area contributed by atoms with Gasteiger partial charge in [0.1, 0.15) is 23.9 Å². The first-order chi connectivity index (χ1) is 17.5. The third-order valence-corrected chi connectivity index (χ3v) is 5.90. The van der Waals surface area contributed by atoms with Gasteiger partial charge in [0.05, 0.1) is 12.1 Å². The molecule has 0 saturated carbocycles. The van der Waals surface area contributed by atoms with Gasteiger partial charge in [0.25, 0.3) is 0 Å². The lowest BCUT2D eigenvalue weighted by atomic mass is 10.0. The van der Waals surface area contributed by atoms with Crippen molar-refractivity contribution >= 4 is 36.3 Å². The molecule has 0 bridgehead atoms. The molecule has 200 valence electrons. The minimum atomic E-state index is -1.44. The topological polar surface area (TPSA) is 191 Å². The van der Waals surface area contributed by atoms with Gasteiger partial charge in [0.2, 0.25) is 17.7 Å². The molecule has 0 fully saturated rings. The zero-order valence-electron chi connectivity index (χ0n) is 20.2. The molecule has 0 heterocycles. The van der Waals surface area contributed by atoms with E-state index in [1.165, 1.54) is 19.1 Å². The Labute approximate surface area is 219 Å². The van der Waals surface area contributed by atoms with Crippen LogP contribution in [-0.4, -0.2) is 75.0 Å². The van der Waals surface area contributed by atoms with Crippen LogP contribution in [0.1, 0.15) is 18.1 Å². The minimum Gasteiger partial charge on any atom is -0.508 e. The van der Waals surface area contributed by atoms with Crippen molar-refractivity contribution in [3.05, 3.63) is 65.7 Å². The number of rotatable bonds is 13. The fourth-order valence-electron chi connectivity index (χ4n) is 3.41. The van der Waals surface area contributed by atoms with E-state index in [1.807, 2.05) is 0 Å².